The SMILES string of the molecule is C[Si](C)(C)c1c(C#N)ccc(C=O)c1F. The van der Waals surface area contributed by atoms with Crippen LogP contribution in [0.5, 0.6) is 0 Å². The molecule has 0 radical (unpaired) electrons. The molecule has 1 rings (SSSR count). The molecule has 0 aliphatic heterocycles. The molecule has 0 amide bonds. The lowest BCUT2D eigenvalue weighted by Gasteiger charge is -2.19. The molecular weight excluding hydrogens is 209 g/mol. The number of benzene rings is 1. The van der Waals surface area contributed by atoms with E-state index in [1.54, 1.807) is 0 Å². The Bertz CT molecular complexity index is 443. The number of aldehydes is 1. The number of hydrogen-bond donors (Lipinski definition) is 0. The first kappa shape index (κ1) is 11.6. The van der Waals surface area contributed by atoms with Crippen molar-refractivity contribution < 1.29 is 9.18 Å². The van der Waals surface area contributed by atoms with Crippen LogP contribution in [0, 0.1) is 17.1 Å². The molecule has 1 aromatic carbocycles. The predicted octanol–water partition coefficient (Wildman–Crippen LogP) is 2.06. The number of nitrogens with zero attached hydrogens (tertiary/aromatic N) is 1. The lowest BCUT2D eigenvalue weighted by atomic mass is 10.1. The van der Waals surface area contributed by atoms with Gasteiger partial charge in [0.25, 0.3) is 0 Å². The van der Waals surface area contributed by atoms with Crippen LogP contribution >= 0.6 is 0 Å². The van der Waals surface area contributed by atoms with E-state index < -0.39 is 13.9 Å². The fourth-order valence-electron chi connectivity index (χ4n) is 1.51. The Labute approximate surface area is 89.4 Å². The van der Waals surface area contributed by atoms with Crippen LogP contribution in [0.4, 0.5) is 4.39 Å². The highest BCUT2D eigenvalue weighted by atomic mass is 28.3. The second-order valence-electron chi connectivity index (χ2n) is 4.37. The number of rotatable bonds is 2. The Hall–Kier alpha value is -1.47. The summed E-state index contributed by atoms with van der Waals surface area (Å²) in [6, 6.07) is 4.84. The number of carbonyl (C=O) groups is 1. The maximum absolute atomic E-state index is 13.9. The monoisotopic (exact) mass is 221 g/mol. The van der Waals surface area contributed by atoms with E-state index in [9.17, 15) is 9.18 Å². The van der Waals surface area contributed by atoms with Crippen molar-refractivity contribution in [3.05, 3.63) is 29.1 Å². The highest BCUT2D eigenvalue weighted by Crippen LogP contribution is 2.13. The van der Waals surface area contributed by atoms with Gasteiger partial charge in [0.2, 0.25) is 0 Å². The average molecular weight is 221 g/mol. The summed E-state index contributed by atoms with van der Waals surface area (Å²) in [5, 5.41) is 9.33. The zero-order valence-electron chi connectivity index (χ0n) is 8.97. The Morgan fingerprint density at radius 2 is 2.00 bits per heavy atom. The van der Waals surface area contributed by atoms with E-state index in [0.717, 1.165) is 0 Å². The van der Waals surface area contributed by atoms with Gasteiger partial charge in [-0.25, -0.2) is 4.39 Å². The second-order valence-corrected chi connectivity index (χ2v) is 9.37. The van der Waals surface area contributed by atoms with Crippen LogP contribution < -0.4 is 5.19 Å². The topological polar surface area (TPSA) is 40.9 Å². The van der Waals surface area contributed by atoms with Gasteiger partial charge in [-0.05, 0) is 17.3 Å². The zero-order valence-corrected chi connectivity index (χ0v) is 9.97. The van der Waals surface area contributed by atoms with Crippen molar-refractivity contribution in [2.75, 3.05) is 0 Å². The first-order valence-electron chi connectivity index (χ1n) is 4.60. The molecule has 0 bridgehead atoms. The quantitative estimate of drug-likeness (QED) is 0.566. The second kappa shape index (κ2) is 3.95. The summed E-state index contributed by atoms with van der Waals surface area (Å²) in [5.41, 5.74) is 0.378. The lowest BCUT2D eigenvalue weighted by Crippen LogP contribution is -2.42. The molecule has 4 heteroatoms. The van der Waals surface area contributed by atoms with Crippen LogP contribution in [-0.2, 0) is 0 Å². The van der Waals surface area contributed by atoms with Crippen molar-refractivity contribution in [2.24, 2.45) is 0 Å². The molecule has 0 heterocycles. The number of halogens is 1. The van der Waals surface area contributed by atoms with E-state index in [1.165, 1.54) is 12.1 Å². The van der Waals surface area contributed by atoms with E-state index in [-0.39, 0.29) is 5.56 Å². The van der Waals surface area contributed by atoms with Crippen molar-refractivity contribution in [3.63, 3.8) is 0 Å². The van der Waals surface area contributed by atoms with Gasteiger partial charge in [-0.15, -0.1) is 0 Å². The van der Waals surface area contributed by atoms with Crippen molar-refractivity contribution >= 4 is 19.5 Å². The standard InChI is InChI=1S/C11H12FNOSi/c1-15(2,3)11-8(6-13)4-5-9(7-14)10(11)12/h4-5,7H,1-3H3. The minimum atomic E-state index is -1.95. The third-order valence-electron chi connectivity index (χ3n) is 2.17. The fraction of sp³-hybridized carbons (Fsp3) is 0.273. The fourth-order valence-corrected chi connectivity index (χ4v) is 3.26. The van der Waals surface area contributed by atoms with Gasteiger partial charge >= 0.3 is 0 Å². The van der Waals surface area contributed by atoms with Crippen molar-refractivity contribution in [2.45, 2.75) is 19.6 Å². The molecule has 0 spiro atoms. The van der Waals surface area contributed by atoms with Gasteiger partial charge in [-0.1, -0.05) is 19.6 Å². The molecule has 0 unspecified atom stereocenters. The Morgan fingerprint density at radius 3 is 2.40 bits per heavy atom. The highest BCUT2D eigenvalue weighted by molar-refractivity contribution is 6.89. The lowest BCUT2D eigenvalue weighted by molar-refractivity contribution is 0.112. The minimum Gasteiger partial charge on any atom is -0.298 e. The molecule has 2 nitrogen and oxygen atoms in total. The van der Waals surface area contributed by atoms with Gasteiger partial charge in [-0.2, -0.15) is 5.26 Å². The first-order chi connectivity index (χ1) is 6.91. The molecule has 0 aromatic heterocycles. The first-order valence-corrected chi connectivity index (χ1v) is 8.10. The van der Waals surface area contributed by atoms with Crippen molar-refractivity contribution in [1.29, 1.82) is 5.26 Å². The maximum atomic E-state index is 13.9. The third kappa shape index (κ3) is 2.13. The molecule has 15 heavy (non-hydrogen) atoms. The van der Waals surface area contributed by atoms with E-state index in [2.05, 4.69) is 0 Å². The van der Waals surface area contributed by atoms with Crippen LogP contribution in [0.2, 0.25) is 19.6 Å². The van der Waals surface area contributed by atoms with Crippen LogP contribution in [0.15, 0.2) is 12.1 Å². The minimum absolute atomic E-state index is 0.0337. The molecule has 1 aromatic rings. The van der Waals surface area contributed by atoms with Crippen LogP contribution in [0.1, 0.15) is 15.9 Å². The van der Waals surface area contributed by atoms with Crippen LogP contribution in [0.3, 0.4) is 0 Å². The van der Waals surface area contributed by atoms with E-state index in [1.807, 2.05) is 25.7 Å². The molecule has 0 N–H and O–H groups in total. The summed E-state index contributed by atoms with van der Waals surface area (Å²) in [4.78, 5) is 10.6. The molecule has 0 fully saturated rings. The third-order valence-corrected chi connectivity index (χ3v) is 4.16. The Morgan fingerprint density at radius 1 is 1.40 bits per heavy atom. The van der Waals surface area contributed by atoms with Crippen molar-refractivity contribution in [1.82, 2.24) is 0 Å². The summed E-state index contributed by atoms with van der Waals surface area (Å²) in [5.74, 6) is -0.525. The summed E-state index contributed by atoms with van der Waals surface area (Å²) < 4.78 is 13.9. The number of nitriles is 1. The summed E-state index contributed by atoms with van der Waals surface area (Å²) >= 11 is 0. The van der Waals surface area contributed by atoms with Gasteiger partial charge in [0.1, 0.15) is 5.82 Å². The smallest absolute Gasteiger partial charge is 0.152 e. The van der Waals surface area contributed by atoms with Gasteiger partial charge < -0.3 is 0 Å². The summed E-state index contributed by atoms with van der Waals surface area (Å²) in [6.07, 6.45) is 0.486. The normalized spacial score (nSPS) is 10.9. The molecule has 0 atom stereocenters. The molecule has 0 aliphatic rings. The molecule has 0 saturated heterocycles. The predicted molar refractivity (Wildman–Crippen MR) is 59.5 cm³/mol. The number of carbonyl (C=O) groups excluding carboxylic acids is 1. The van der Waals surface area contributed by atoms with Gasteiger partial charge in [0.15, 0.2) is 6.29 Å². The van der Waals surface area contributed by atoms with E-state index in [4.69, 9.17) is 5.26 Å². The van der Waals surface area contributed by atoms with E-state index >= 15 is 0 Å². The van der Waals surface area contributed by atoms with E-state index in [0.29, 0.717) is 17.0 Å². The molecule has 0 saturated carbocycles. The van der Waals surface area contributed by atoms with Crippen molar-refractivity contribution in [3.8, 4) is 6.07 Å². The molecular formula is C11H12FNOSi. The Balaban J connectivity index is 3.59. The molecule has 78 valence electrons. The van der Waals surface area contributed by atoms with Gasteiger partial charge in [-0.3, -0.25) is 4.79 Å². The van der Waals surface area contributed by atoms with Crippen LogP contribution in [0.25, 0.3) is 0 Å². The summed E-state index contributed by atoms with van der Waals surface area (Å²) in [6.45, 7) is 5.84. The highest BCUT2D eigenvalue weighted by Gasteiger charge is 2.26. The zero-order chi connectivity index (χ0) is 11.6. The maximum Gasteiger partial charge on any atom is 0.152 e. The largest absolute Gasteiger partial charge is 0.298 e. The number of hydrogen-bond acceptors (Lipinski definition) is 2. The molecule has 0 aliphatic carbocycles. The van der Waals surface area contributed by atoms with Gasteiger partial charge in [0, 0.05) is 5.56 Å². The Kier molecular flexibility index (Phi) is 3.06. The average Bonchev–Trinajstić information content (AvgIpc) is 2.15. The van der Waals surface area contributed by atoms with Crippen LogP contribution in [-0.4, -0.2) is 14.4 Å². The van der Waals surface area contributed by atoms with Gasteiger partial charge in [0.05, 0.1) is 19.7 Å². The summed E-state index contributed by atoms with van der Waals surface area (Å²) in [7, 11) is -1.95.